The molecule has 0 radical (unpaired) electrons. The lowest BCUT2D eigenvalue weighted by molar-refractivity contribution is -0.141. The maximum atomic E-state index is 12.6. The minimum absolute atomic E-state index is 0.240. The summed E-state index contributed by atoms with van der Waals surface area (Å²) in [6, 6.07) is 9.20. The van der Waals surface area contributed by atoms with Crippen LogP contribution in [0.2, 0.25) is 0 Å². The smallest absolute Gasteiger partial charge is 0.300 e. The van der Waals surface area contributed by atoms with Crippen LogP contribution in [0.25, 0.3) is 11.5 Å². The van der Waals surface area contributed by atoms with Gasteiger partial charge < -0.3 is 0 Å². The van der Waals surface area contributed by atoms with Crippen LogP contribution in [0.4, 0.5) is 13.2 Å². The van der Waals surface area contributed by atoms with E-state index in [0.29, 0.717) is 11.2 Å². The van der Waals surface area contributed by atoms with Crippen molar-refractivity contribution in [1.29, 1.82) is 5.26 Å². The number of alkyl halides is 3. The summed E-state index contributed by atoms with van der Waals surface area (Å²) in [6.07, 6.45) is 1.56. The predicted molar refractivity (Wildman–Crippen MR) is 76.9 cm³/mol. The van der Waals surface area contributed by atoms with E-state index in [1.54, 1.807) is 41.2 Å². The first kappa shape index (κ1) is 15.5. The van der Waals surface area contributed by atoms with Gasteiger partial charge in [0.1, 0.15) is 5.49 Å². The largest absolute Gasteiger partial charge is 0.435 e. The quantitative estimate of drug-likeness (QED) is 0.678. The lowest BCUT2D eigenvalue weighted by Gasteiger charge is -2.07. The molecule has 3 aromatic heterocycles. The van der Waals surface area contributed by atoms with Crippen LogP contribution in [0.3, 0.4) is 0 Å². The molecule has 0 aliphatic rings. The number of nitriles is 1. The Labute approximate surface area is 133 Å². The SMILES string of the molecule is N#C/N=c1\ccccn1-c1ccc(-n2ccc(C(F)(F)F)n2)nc1. The van der Waals surface area contributed by atoms with Crippen molar-refractivity contribution < 1.29 is 13.2 Å². The lowest BCUT2D eigenvalue weighted by atomic mass is 10.3. The van der Waals surface area contributed by atoms with E-state index >= 15 is 0 Å². The first-order chi connectivity index (χ1) is 11.5. The molecule has 3 aromatic rings. The van der Waals surface area contributed by atoms with Crippen molar-refractivity contribution in [3.05, 3.63) is 66.2 Å². The van der Waals surface area contributed by atoms with E-state index in [9.17, 15) is 13.2 Å². The van der Waals surface area contributed by atoms with Gasteiger partial charge in [0.25, 0.3) is 0 Å². The zero-order valence-electron chi connectivity index (χ0n) is 12.0. The van der Waals surface area contributed by atoms with Crippen molar-refractivity contribution in [2.24, 2.45) is 4.99 Å². The van der Waals surface area contributed by atoms with E-state index in [1.165, 1.54) is 18.5 Å². The van der Waals surface area contributed by atoms with Gasteiger partial charge in [-0.1, -0.05) is 6.07 Å². The Morgan fingerprint density at radius 2 is 1.92 bits per heavy atom. The molecule has 0 unspecified atom stereocenters. The molecule has 0 fully saturated rings. The zero-order chi connectivity index (χ0) is 17.2. The highest BCUT2D eigenvalue weighted by atomic mass is 19.4. The van der Waals surface area contributed by atoms with Crippen LogP contribution in [0, 0.1) is 11.5 Å². The maximum Gasteiger partial charge on any atom is 0.435 e. The molecule has 0 aliphatic heterocycles. The van der Waals surface area contributed by atoms with E-state index in [2.05, 4.69) is 15.1 Å². The molecule has 0 spiro atoms. The van der Waals surface area contributed by atoms with E-state index in [-0.39, 0.29) is 5.82 Å². The van der Waals surface area contributed by atoms with Crippen LogP contribution < -0.4 is 5.49 Å². The Hall–Kier alpha value is -3.41. The van der Waals surface area contributed by atoms with Crippen molar-refractivity contribution >= 4 is 0 Å². The zero-order valence-corrected chi connectivity index (χ0v) is 12.0. The van der Waals surface area contributed by atoms with Crippen LogP contribution in [0.1, 0.15) is 5.69 Å². The Bertz CT molecular complexity index is 960. The Morgan fingerprint density at radius 1 is 1.08 bits per heavy atom. The number of hydrogen-bond donors (Lipinski definition) is 0. The molecule has 6 nitrogen and oxygen atoms in total. The molecular weight excluding hydrogens is 321 g/mol. The minimum Gasteiger partial charge on any atom is -0.300 e. The molecule has 3 heterocycles. The van der Waals surface area contributed by atoms with Gasteiger partial charge in [-0.15, -0.1) is 0 Å². The van der Waals surface area contributed by atoms with Crippen molar-refractivity contribution in [2.75, 3.05) is 0 Å². The standard InChI is InChI=1S/C15H9F3N6/c16-15(17,18)12-6-8-24(22-12)14-5-4-11(9-20-14)23-7-2-1-3-13(23)21-10-19/h1-9H/b21-13+. The summed E-state index contributed by atoms with van der Waals surface area (Å²) in [5.74, 6) is 0.240. The van der Waals surface area contributed by atoms with Crippen molar-refractivity contribution in [2.45, 2.75) is 6.18 Å². The fourth-order valence-corrected chi connectivity index (χ4v) is 2.05. The minimum atomic E-state index is -4.50. The van der Waals surface area contributed by atoms with Gasteiger partial charge in [-0.05, 0) is 30.3 Å². The summed E-state index contributed by atoms with van der Waals surface area (Å²) in [5, 5.41) is 12.2. The highest BCUT2D eigenvalue weighted by Crippen LogP contribution is 2.27. The van der Waals surface area contributed by atoms with Gasteiger partial charge in [-0.2, -0.15) is 28.5 Å². The van der Waals surface area contributed by atoms with Crippen molar-refractivity contribution in [3.8, 4) is 17.7 Å². The summed E-state index contributed by atoms with van der Waals surface area (Å²) in [6.45, 7) is 0. The summed E-state index contributed by atoms with van der Waals surface area (Å²) in [5.41, 5.74) is 0.0328. The fraction of sp³-hybridized carbons (Fsp3) is 0.0667. The number of halogens is 3. The van der Waals surface area contributed by atoms with Gasteiger partial charge >= 0.3 is 6.18 Å². The molecule has 0 amide bonds. The van der Waals surface area contributed by atoms with Gasteiger partial charge in [0, 0.05) is 12.4 Å². The summed E-state index contributed by atoms with van der Waals surface area (Å²) >= 11 is 0. The van der Waals surface area contributed by atoms with E-state index in [4.69, 9.17) is 5.26 Å². The monoisotopic (exact) mass is 330 g/mol. The Morgan fingerprint density at radius 3 is 2.54 bits per heavy atom. The summed E-state index contributed by atoms with van der Waals surface area (Å²) in [7, 11) is 0. The van der Waals surface area contributed by atoms with Crippen molar-refractivity contribution in [3.63, 3.8) is 0 Å². The highest BCUT2D eigenvalue weighted by molar-refractivity contribution is 5.34. The molecule has 24 heavy (non-hydrogen) atoms. The molecule has 9 heteroatoms. The Kier molecular flexibility index (Phi) is 3.87. The van der Waals surface area contributed by atoms with Gasteiger partial charge in [0.15, 0.2) is 11.5 Å². The first-order valence-corrected chi connectivity index (χ1v) is 6.69. The Balaban J connectivity index is 1.97. The second kappa shape index (κ2) is 6.00. The van der Waals surface area contributed by atoms with Crippen LogP contribution >= 0.6 is 0 Å². The molecule has 0 N–H and O–H groups in total. The predicted octanol–water partition coefficient (Wildman–Crippen LogP) is 2.46. The average molecular weight is 330 g/mol. The maximum absolute atomic E-state index is 12.6. The molecule has 120 valence electrons. The number of hydrogen-bond acceptors (Lipinski definition) is 4. The second-order valence-electron chi connectivity index (χ2n) is 4.66. The molecule has 0 atom stereocenters. The van der Waals surface area contributed by atoms with E-state index in [0.717, 1.165) is 10.7 Å². The molecule has 0 bridgehead atoms. The average Bonchev–Trinajstić information content (AvgIpc) is 3.06. The van der Waals surface area contributed by atoms with Gasteiger partial charge in [0.2, 0.25) is 6.19 Å². The van der Waals surface area contributed by atoms with Crippen LogP contribution in [0.5, 0.6) is 0 Å². The van der Waals surface area contributed by atoms with Gasteiger partial charge in [-0.25, -0.2) is 9.67 Å². The van der Waals surface area contributed by atoms with E-state index < -0.39 is 11.9 Å². The van der Waals surface area contributed by atoms with Crippen LogP contribution in [-0.2, 0) is 6.18 Å². The molecular formula is C15H9F3N6. The van der Waals surface area contributed by atoms with Gasteiger partial charge in [0.05, 0.1) is 11.9 Å². The van der Waals surface area contributed by atoms with Crippen LogP contribution in [-0.4, -0.2) is 19.3 Å². The van der Waals surface area contributed by atoms with E-state index in [1.807, 2.05) is 0 Å². The third-order valence-corrected chi connectivity index (χ3v) is 3.13. The highest BCUT2D eigenvalue weighted by Gasteiger charge is 2.33. The molecule has 0 aromatic carbocycles. The summed E-state index contributed by atoms with van der Waals surface area (Å²) in [4.78, 5) is 7.80. The first-order valence-electron chi connectivity index (χ1n) is 6.69. The number of rotatable bonds is 2. The van der Waals surface area contributed by atoms with Crippen LogP contribution in [0.15, 0.2) is 60.0 Å². The normalized spacial score (nSPS) is 12.2. The third-order valence-electron chi connectivity index (χ3n) is 3.13. The molecule has 0 saturated carbocycles. The summed E-state index contributed by atoms with van der Waals surface area (Å²) < 4.78 is 40.4. The third kappa shape index (κ3) is 3.03. The van der Waals surface area contributed by atoms with Crippen molar-refractivity contribution in [1.82, 2.24) is 19.3 Å². The van der Waals surface area contributed by atoms with Gasteiger partial charge in [-0.3, -0.25) is 4.57 Å². The number of pyridine rings is 2. The molecule has 0 saturated heterocycles. The molecule has 0 aliphatic carbocycles. The lowest BCUT2D eigenvalue weighted by Crippen LogP contribution is -2.17. The number of nitrogens with zero attached hydrogens (tertiary/aromatic N) is 6. The topological polar surface area (TPSA) is 71.8 Å². The number of aromatic nitrogens is 4. The fourth-order valence-electron chi connectivity index (χ4n) is 2.05. The second-order valence-corrected chi connectivity index (χ2v) is 4.66. The molecule has 3 rings (SSSR count).